The zero-order valence-electron chi connectivity index (χ0n) is 17.0. The van der Waals surface area contributed by atoms with Gasteiger partial charge in [0.2, 0.25) is 0 Å². The van der Waals surface area contributed by atoms with Gasteiger partial charge < -0.3 is 0 Å². The summed E-state index contributed by atoms with van der Waals surface area (Å²) in [6.45, 7) is 1.59. The SMILES string of the molecule is CC(=O)CSC1=NN=C(c2cc(-c3ccc4ccccc4c3)cc(C3C=NN=C3)c2)C1. The zero-order chi connectivity index (χ0) is 21.2. The third-order valence-electron chi connectivity index (χ3n) is 5.32. The van der Waals surface area contributed by atoms with E-state index in [0.717, 1.165) is 33.0 Å². The van der Waals surface area contributed by atoms with Crippen molar-refractivity contribution < 1.29 is 4.79 Å². The Balaban J connectivity index is 1.51. The number of Topliss-reactive ketones (excluding diaryl/α,β-unsaturated/α-hetero) is 1. The van der Waals surface area contributed by atoms with Crippen molar-refractivity contribution in [3.05, 3.63) is 71.8 Å². The van der Waals surface area contributed by atoms with Crippen LogP contribution in [0, 0.1) is 0 Å². The minimum Gasteiger partial charge on any atom is -0.299 e. The van der Waals surface area contributed by atoms with E-state index in [-0.39, 0.29) is 11.7 Å². The first-order valence-electron chi connectivity index (χ1n) is 10.1. The normalized spacial score (nSPS) is 15.5. The molecule has 3 aromatic rings. The molecule has 3 aromatic carbocycles. The third kappa shape index (κ3) is 4.25. The second-order valence-electron chi connectivity index (χ2n) is 7.67. The Hall–Kier alpha value is -3.38. The Kier molecular flexibility index (Phi) is 5.30. The highest BCUT2D eigenvalue weighted by Gasteiger charge is 2.19. The van der Waals surface area contributed by atoms with Crippen LogP contribution < -0.4 is 0 Å². The van der Waals surface area contributed by atoms with E-state index in [0.29, 0.717) is 12.2 Å². The van der Waals surface area contributed by atoms with E-state index in [1.165, 1.54) is 22.5 Å². The predicted octanol–water partition coefficient (Wildman–Crippen LogP) is 5.49. The monoisotopic (exact) mass is 424 g/mol. The first kappa shape index (κ1) is 19.6. The number of hydrogen-bond acceptors (Lipinski definition) is 6. The number of carbonyl (C=O) groups excluding carboxylic acids is 1. The Morgan fingerprint density at radius 1 is 0.903 bits per heavy atom. The number of rotatable bonds is 5. The van der Waals surface area contributed by atoms with Crippen molar-refractivity contribution in [2.45, 2.75) is 19.3 Å². The van der Waals surface area contributed by atoms with Crippen molar-refractivity contribution in [1.29, 1.82) is 0 Å². The van der Waals surface area contributed by atoms with Crippen molar-refractivity contribution in [1.82, 2.24) is 0 Å². The van der Waals surface area contributed by atoms with Crippen molar-refractivity contribution in [2.75, 3.05) is 5.75 Å². The molecule has 0 unspecified atom stereocenters. The predicted molar refractivity (Wildman–Crippen MR) is 131 cm³/mol. The molecule has 0 radical (unpaired) electrons. The van der Waals surface area contributed by atoms with Gasteiger partial charge in [-0.1, -0.05) is 42.5 Å². The highest BCUT2D eigenvalue weighted by Crippen LogP contribution is 2.30. The summed E-state index contributed by atoms with van der Waals surface area (Å²) in [4.78, 5) is 11.3. The van der Waals surface area contributed by atoms with E-state index in [4.69, 9.17) is 0 Å². The van der Waals surface area contributed by atoms with Crippen LogP contribution in [0.15, 0.2) is 81.1 Å². The van der Waals surface area contributed by atoms with E-state index in [2.05, 4.69) is 81.1 Å². The smallest absolute Gasteiger partial charge is 0.140 e. The Morgan fingerprint density at radius 3 is 2.48 bits per heavy atom. The molecule has 0 fully saturated rings. The van der Waals surface area contributed by atoms with Gasteiger partial charge in [-0.2, -0.15) is 15.3 Å². The van der Waals surface area contributed by atoms with Crippen molar-refractivity contribution >= 4 is 51.5 Å². The molecule has 2 aliphatic heterocycles. The van der Waals surface area contributed by atoms with E-state index >= 15 is 0 Å². The first-order valence-corrected chi connectivity index (χ1v) is 11.1. The maximum atomic E-state index is 11.3. The van der Waals surface area contributed by atoms with Crippen LogP contribution >= 0.6 is 11.8 Å². The van der Waals surface area contributed by atoms with Crippen molar-refractivity contribution in [3.8, 4) is 11.1 Å². The molecule has 31 heavy (non-hydrogen) atoms. The number of ketones is 1. The molecule has 0 spiro atoms. The Bertz CT molecular complexity index is 1290. The topological polar surface area (TPSA) is 66.5 Å². The highest BCUT2D eigenvalue weighted by molar-refractivity contribution is 8.14. The summed E-state index contributed by atoms with van der Waals surface area (Å²) >= 11 is 1.47. The van der Waals surface area contributed by atoms with Crippen LogP contribution in [0.25, 0.3) is 21.9 Å². The molecule has 0 N–H and O–H groups in total. The standard InChI is InChI=1S/C25H20N4OS/c1-16(30)15-31-25-12-24(28-29-25)22-10-20(9-21(11-22)23-13-26-27-14-23)19-7-6-17-4-2-3-5-18(17)8-19/h2-11,13-14,23H,12,15H2,1H3. The average molecular weight is 425 g/mol. The molecule has 6 heteroatoms. The van der Waals surface area contributed by atoms with Gasteiger partial charge >= 0.3 is 0 Å². The van der Waals surface area contributed by atoms with E-state index < -0.39 is 0 Å². The second kappa shape index (κ2) is 8.40. The van der Waals surface area contributed by atoms with Gasteiger partial charge in [0.1, 0.15) is 10.8 Å². The summed E-state index contributed by atoms with van der Waals surface area (Å²) in [5.74, 6) is 0.620. The third-order valence-corrected chi connectivity index (χ3v) is 6.43. The average Bonchev–Trinajstić information content (AvgIpc) is 3.49. The summed E-state index contributed by atoms with van der Waals surface area (Å²) in [6, 6.07) is 21.4. The number of fused-ring (bicyclic) bond motifs is 1. The van der Waals surface area contributed by atoms with E-state index in [9.17, 15) is 4.79 Å². The first-order chi connectivity index (χ1) is 15.2. The maximum Gasteiger partial charge on any atom is 0.140 e. The van der Waals surface area contributed by atoms with Gasteiger partial charge in [-0.3, -0.25) is 4.79 Å². The summed E-state index contributed by atoms with van der Waals surface area (Å²) < 4.78 is 0. The van der Waals surface area contributed by atoms with Crippen LogP contribution in [-0.4, -0.2) is 34.7 Å². The van der Waals surface area contributed by atoms with Gasteiger partial charge in [-0.05, 0) is 58.1 Å². The molecule has 0 atom stereocenters. The zero-order valence-corrected chi connectivity index (χ0v) is 17.8. The lowest BCUT2D eigenvalue weighted by Crippen LogP contribution is -2.07. The van der Waals surface area contributed by atoms with E-state index in [1.807, 2.05) is 12.4 Å². The molecule has 0 amide bonds. The van der Waals surface area contributed by atoms with Crippen LogP contribution in [0.5, 0.6) is 0 Å². The summed E-state index contributed by atoms with van der Waals surface area (Å²) in [7, 11) is 0. The number of hydrogen-bond donors (Lipinski definition) is 0. The Labute approximate surface area is 184 Å². The van der Waals surface area contributed by atoms with Crippen LogP contribution in [-0.2, 0) is 4.79 Å². The van der Waals surface area contributed by atoms with Gasteiger partial charge in [0.15, 0.2) is 0 Å². The Morgan fingerprint density at radius 2 is 1.68 bits per heavy atom. The van der Waals surface area contributed by atoms with E-state index in [1.54, 1.807) is 6.92 Å². The molecule has 152 valence electrons. The van der Waals surface area contributed by atoms with Gasteiger partial charge in [0.25, 0.3) is 0 Å². The van der Waals surface area contributed by atoms with Gasteiger partial charge in [0, 0.05) is 18.9 Å². The van der Waals surface area contributed by atoms with Crippen LogP contribution in [0.3, 0.4) is 0 Å². The molecule has 2 heterocycles. The van der Waals surface area contributed by atoms with Crippen molar-refractivity contribution in [2.24, 2.45) is 20.4 Å². The minimum absolute atomic E-state index is 0.0497. The van der Waals surface area contributed by atoms with Gasteiger partial charge in [-0.25, -0.2) is 0 Å². The molecule has 0 saturated heterocycles. The fraction of sp³-hybridized carbons (Fsp3) is 0.160. The minimum atomic E-state index is 0.0497. The summed E-state index contributed by atoms with van der Waals surface area (Å²) in [6.07, 6.45) is 4.35. The number of benzene rings is 3. The van der Waals surface area contributed by atoms with Crippen LogP contribution in [0.2, 0.25) is 0 Å². The molecule has 0 saturated carbocycles. The van der Waals surface area contributed by atoms with Crippen LogP contribution in [0.4, 0.5) is 0 Å². The molecule has 5 rings (SSSR count). The summed E-state index contributed by atoms with van der Waals surface area (Å²) in [5.41, 5.74) is 5.36. The lowest BCUT2D eigenvalue weighted by molar-refractivity contribution is -0.114. The fourth-order valence-electron chi connectivity index (χ4n) is 3.73. The number of nitrogens with zero attached hydrogens (tertiary/aromatic N) is 4. The highest BCUT2D eigenvalue weighted by atomic mass is 32.2. The molecule has 0 aliphatic carbocycles. The second-order valence-corrected chi connectivity index (χ2v) is 8.72. The van der Waals surface area contributed by atoms with Gasteiger partial charge in [0.05, 0.1) is 17.4 Å². The maximum absolute atomic E-state index is 11.3. The van der Waals surface area contributed by atoms with Crippen LogP contribution in [0.1, 0.15) is 30.4 Å². The molecule has 5 nitrogen and oxygen atoms in total. The lowest BCUT2D eigenvalue weighted by Gasteiger charge is -2.12. The lowest BCUT2D eigenvalue weighted by atomic mass is 9.91. The quantitative estimate of drug-likeness (QED) is 0.544. The molecule has 0 bridgehead atoms. The largest absolute Gasteiger partial charge is 0.299 e. The number of thioether (sulfide) groups is 1. The fourth-order valence-corrected chi connectivity index (χ4v) is 4.44. The van der Waals surface area contributed by atoms with Gasteiger partial charge in [-0.15, -0.1) is 16.9 Å². The molecular formula is C25H20N4OS. The molecule has 0 aromatic heterocycles. The summed E-state index contributed by atoms with van der Waals surface area (Å²) in [5, 5.41) is 20.1. The van der Waals surface area contributed by atoms with Crippen molar-refractivity contribution in [3.63, 3.8) is 0 Å². The molecular weight excluding hydrogens is 404 g/mol. The molecule has 2 aliphatic rings. The number of carbonyl (C=O) groups is 1.